The van der Waals surface area contributed by atoms with Crippen molar-refractivity contribution in [2.75, 3.05) is 23.3 Å². The molecule has 12 heteroatoms. The number of halogens is 6. The number of pyridine rings is 1. The molecular weight excluding hydrogens is 454 g/mol. The van der Waals surface area contributed by atoms with Gasteiger partial charge in [0.2, 0.25) is 5.91 Å². The van der Waals surface area contributed by atoms with Gasteiger partial charge in [0.15, 0.2) is 0 Å². The lowest BCUT2D eigenvalue weighted by Crippen LogP contribution is -2.42. The molecule has 6 nitrogen and oxygen atoms in total. The normalized spacial score (nSPS) is 17.1. The lowest BCUT2D eigenvalue weighted by Gasteiger charge is -2.25. The molecule has 0 spiro atoms. The highest BCUT2D eigenvalue weighted by molar-refractivity contribution is 5.99. The molecule has 0 saturated carbocycles. The fourth-order valence-electron chi connectivity index (χ4n) is 3.47. The topological polar surface area (TPSA) is 65.5 Å². The molecule has 3 amide bonds. The Bertz CT molecular complexity index is 1020. The van der Waals surface area contributed by atoms with Crippen LogP contribution in [0.3, 0.4) is 0 Å². The van der Waals surface area contributed by atoms with E-state index in [4.69, 9.17) is 0 Å². The highest BCUT2D eigenvalue weighted by Gasteiger charge is 2.41. The molecule has 1 aliphatic heterocycles. The number of alkyl halides is 6. The molecule has 1 atom stereocenters. The molecule has 0 radical (unpaired) electrons. The smallest absolute Gasteiger partial charge is 0.325 e. The van der Waals surface area contributed by atoms with Gasteiger partial charge < -0.3 is 10.2 Å². The Morgan fingerprint density at radius 2 is 1.82 bits per heavy atom. The first-order chi connectivity index (χ1) is 15.3. The second-order valence-corrected chi connectivity index (χ2v) is 7.86. The first-order valence-corrected chi connectivity index (χ1v) is 9.86. The van der Waals surface area contributed by atoms with Crippen molar-refractivity contribution in [3.8, 4) is 0 Å². The zero-order valence-corrected chi connectivity index (χ0v) is 17.5. The molecule has 2 aromatic rings. The summed E-state index contributed by atoms with van der Waals surface area (Å²) >= 11 is 0. The Kier molecular flexibility index (Phi) is 6.57. The summed E-state index contributed by atoms with van der Waals surface area (Å²) in [7, 11) is 0. The van der Waals surface area contributed by atoms with Crippen molar-refractivity contribution in [2.24, 2.45) is 5.92 Å². The van der Waals surface area contributed by atoms with E-state index in [0.29, 0.717) is 0 Å². The third kappa shape index (κ3) is 5.55. The molecule has 1 aromatic carbocycles. The van der Waals surface area contributed by atoms with Gasteiger partial charge in [0.1, 0.15) is 12.2 Å². The van der Waals surface area contributed by atoms with Crippen LogP contribution in [0.1, 0.15) is 25.1 Å². The molecule has 0 bridgehead atoms. The van der Waals surface area contributed by atoms with Gasteiger partial charge >= 0.3 is 18.4 Å². The number of carbonyl (C=O) groups excluding carboxylic acids is 2. The van der Waals surface area contributed by atoms with Gasteiger partial charge in [0.05, 0.1) is 23.5 Å². The summed E-state index contributed by atoms with van der Waals surface area (Å²) in [6, 6.07) is 4.90. The number of benzene rings is 1. The van der Waals surface area contributed by atoms with E-state index in [-0.39, 0.29) is 23.8 Å². The molecular formula is C21H20F6N4O2. The summed E-state index contributed by atoms with van der Waals surface area (Å²) < 4.78 is 76.9. The summed E-state index contributed by atoms with van der Waals surface area (Å²) in [5.41, 5.74) is -1.97. The van der Waals surface area contributed by atoms with Gasteiger partial charge in [-0.05, 0) is 36.2 Å². The quantitative estimate of drug-likeness (QED) is 0.619. The van der Waals surface area contributed by atoms with Crippen molar-refractivity contribution in [1.29, 1.82) is 0 Å². The van der Waals surface area contributed by atoms with Crippen LogP contribution in [-0.2, 0) is 17.1 Å². The number of carbonyl (C=O) groups is 2. The predicted molar refractivity (Wildman–Crippen MR) is 107 cm³/mol. The number of hydrogen-bond acceptors (Lipinski definition) is 3. The van der Waals surface area contributed by atoms with Gasteiger partial charge in [0.25, 0.3) is 0 Å². The van der Waals surface area contributed by atoms with E-state index in [2.05, 4.69) is 10.3 Å². The van der Waals surface area contributed by atoms with E-state index in [1.54, 1.807) is 0 Å². The van der Waals surface area contributed by atoms with E-state index in [9.17, 15) is 35.9 Å². The van der Waals surface area contributed by atoms with Crippen LogP contribution in [0.2, 0.25) is 0 Å². The van der Waals surface area contributed by atoms with Crippen LogP contribution in [-0.4, -0.2) is 41.0 Å². The molecule has 0 unspecified atom stereocenters. The fourth-order valence-corrected chi connectivity index (χ4v) is 3.47. The average Bonchev–Trinajstić information content (AvgIpc) is 3.03. The molecule has 1 aromatic heterocycles. The van der Waals surface area contributed by atoms with Crippen LogP contribution in [0.25, 0.3) is 0 Å². The minimum Gasteiger partial charge on any atom is -0.325 e. The van der Waals surface area contributed by atoms with E-state index in [1.165, 1.54) is 15.9 Å². The van der Waals surface area contributed by atoms with Crippen LogP contribution in [0.15, 0.2) is 42.6 Å². The SMILES string of the molecule is CC(C)[C@H]1CN(c2ccc(C(F)(F)F)nc2)C(=O)N1CC(=O)Nc1cccc(C(F)(F)F)c1. The average molecular weight is 474 g/mol. The van der Waals surface area contributed by atoms with Gasteiger partial charge in [-0.25, -0.2) is 9.78 Å². The Morgan fingerprint density at radius 1 is 1.12 bits per heavy atom. The first kappa shape index (κ1) is 24.3. The Balaban J connectivity index is 1.75. The van der Waals surface area contributed by atoms with E-state index < -0.39 is 48.1 Å². The highest BCUT2D eigenvalue weighted by Crippen LogP contribution is 2.32. The lowest BCUT2D eigenvalue weighted by atomic mass is 10.0. The van der Waals surface area contributed by atoms with Crippen LogP contribution in [0.5, 0.6) is 0 Å². The van der Waals surface area contributed by atoms with Gasteiger partial charge in [-0.15, -0.1) is 0 Å². The number of anilines is 2. The Hall–Kier alpha value is -3.31. The van der Waals surface area contributed by atoms with Crippen molar-refractivity contribution >= 4 is 23.3 Å². The van der Waals surface area contributed by atoms with Crippen LogP contribution in [0.4, 0.5) is 42.5 Å². The molecule has 1 aliphatic rings. The van der Waals surface area contributed by atoms with Gasteiger partial charge in [-0.1, -0.05) is 19.9 Å². The van der Waals surface area contributed by atoms with E-state index in [1.807, 2.05) is 13.8 Å². The number of amides is 3. The fraction of sp³-hybridized carbons (Fsp3) is 0.381. The molecule has 1 N–H and O–H groups in total. The lowest BCUT2D eigenvalue weighted by molar-refractivity contribution is -0.141. The molecule has 33 heavy (non-hydrogen) atoms. The second-order valence-electron chi connectivity index (χ2n) is 7.86. The summed E-state index contributed by atoms with van der Waals surface area (Å²) in [4.78, 5) is 31.3. The Morgan fingerprint density at radius 3 is 2.36 bits per heavy atom. The number of nitrogens with one attached hydrogen (secondary N) is 1. The molecule has 3 rings (SSSR count). The van der Waals surface area contributed by atoms with E-state index in [0.717, 1.165) is 36.5 Å². The van der Waals surface area contributed by atoms with E-state index >= 15 is 0 Å². The predicted octanol–water partition coefficient (Wildman–Crippen LogP) is 5.02. The van der Waals surface area contributed by atoms with Gasteiger partial charge in [-0.2, -0.15) is 26.3 Å². The molecule has 2 heterocycles. The maximum atomic E-state index is 12.9. The van der Waals surface area contributed by atoms with Gasteiger partial charge in [-0.3, -0.25) is 9.69 Å². The first-order valence-electron chi connectivity index (χ1n) is 9.86. The summed E-state index contributed by atoms with van der Waals surface area (Å²) in [5.74, 6) is -0.816. The third-order valence-electron chi connectivity index (χ3n) is 5.15. The maximum absolute atomic E-state index is 12.9. The number of hydrogen-bond donors (Lipinski definition) is 1. The number of nitrogens with zero attached hydrogens (tertiary/aromatic N) is 3. The summed E-state index contributed by atoms with van der Waals surface area (Å²) in [6.07, 6.45) is -8.27. The minimum absolute atomic E-state index is 0.0774. The Labute approximate surface area is 185 Å². The number of rotatable bonds is 5. The summed E-state index contributed by atoms with van der Waals surface area (Å²) in [5, 5.41) is 2.35. The summed E-state index contributed by atoms with van der Waals surface area (Å²) in [6.45, 7) is 3.29. The molecule has 1 saturated heterocycles. The third-order valence-corrected chi connectivity index (χ3v) is 5.15. The standard InChI is InChI=1S/C21H20F6N4O2/c1-12(2)16-10-30(15-6-7-17(28-9-15)21(25,26)27)19(33)31(16)11-18(32)29-14-5-3-4-13(8-14)20(22,23)24/h3-9,12,16H,10-11H2,1-2H3,(H,29,32)/t16-/m1/s1. The zero-order valence-electron chi connectivity index (χ0n) is 17.5. The number of aromatic nitrogens is 1. The highest BCUT2D eigenvalue weighted by atomic mass is 19.4. The van der Waals surface area contributed by atoms with Crippen molar-refractivity contribution in [3.63, 3.8) is 0 Å². The monoisotopic (exact) mass is 474 g/mol. The maximum Gasteiger partial charge on any atom is 0.433 e. The zero-order chi connectivity index (χ0) is 24.6. The molecule has 178 valence electrons. The van der Waals surface area contributed by atoms with Crippen molar-refractivity contribution in [2.45, 2.75) is 32.2 Å². The number of urea groups is 1. The molecule has 1 fully saturated rings. The minimum atomic E-state index is -4.62. The van der Waals surface area contributed by atoms with Crippen molar-refractivity contribution in [3.05, 3.63) is 53.9 Å². The van der Waals surface area contributed by atoms with Crippen molar-refractivity contribution in [1.82, 2.24) is 9.88 Å². The van der Waals surface area contributed by atoms with Crippen LogP contribution < -0.4 is 10.2 Å². The van der Waals surface area contributed by atoms with Gasteiger partial charge in [0, 0.05) is 12.2 Å². The second kappa shape index (κ2) is 8.91. The van der Waals surface area contributed by atoms with Crippen LogP contribution in [0, 0.1) is 5.92 Å². The van der Waals surface area contributed by atoms with Crippen molar-refractivity contribution < 1.29 is 35.9 Å². The van der Waals surface area contributed by atoms with Crippen LogP contribution >= 0.6 is 0 Å². The largest absolute Gasteiger partial charge is 0.433 e. The molecule has 0 aliphatic carbocycles.